The molecule has 2 rings (SSSR count). The molecule has 2 unspecified atom stereocenters. The number of hydrogen-bond acceptors (Lipinski definition) is 3. The smallest absolute Gasteiger partial charge is 0.120 e. The Morgan fingerprint density at radius 2 is 2.29 bits per heavy atom. The maximum Gasteiger partial charge on any atom is 0.120 e. The van der Waals surface area contributed by atoms with Crippen molar-refractivity contribution in [3.05, 3.63) is 29.3 Å². The van der Waals surface area contributed by atoms with Crippen molar-refractivity contribution >= 4 is 0 Å². The van der Waals surface area contributed by atoms with Crippen LogP contribution in [0.5, 0.6) is 5.75 Å². The number of aromatic hydroxyl groups is 1. The highest BCUT2D eigenvalue weighted by atomic mass is 16.5. The van der Waals surface area contributed by atoms with Gasteiger partial charge in [-0.05, 0) is 32.8 Å². The van der Waals surface area contributed by atoms with E-state index in [9.17, 15) is 5.11 Å². The van der Waals surface area contributed by atoms with Gasteiger partial charge in [0.15, 0.2) is 0 Å². The topological polar surface area (TPSA) is 41.5 Å². The molecule has 1 saturated heterocycles. The molecular weight excluding hydrogens is 214 g/mol. The number of phenolic OH excluding ortho intramolecular Hbond substituents is 1. The third-order valence-electron chi connectivity index (χ3n) is 3.30. The molecule has 17 heavy (non-hydrogen) atoms. The molecule has 3 nitrogen and oxygen atoms in total. The molecule has 0 bridgehead atoms. The van der Waals surface area contributed by atoms with Crippen LogP contribution in [0, 0.1) is 6.92 Å². The summed E-state index contributed by atoms with van der Waals surface area (Å²) in [5.41, 5.74) is 2.16. The van der Waals surface area contributed by atoms with E-state index >= 15 is 0 Å². The molecule has 1 aromatic carbocycles. The first-order valence-electron chi connectivity index (χ1n) is 6.28. The maximum absolute atomic E-state index is 9.75. The Hall–Kier alpha value is -1.06. The second-order valence-electron chi connectivity index (χ2n) is 4.92. The highest BCUT2D eigenvalue weighted by Gasteiger charge is 2.18. The molecule has 94 valence electrons. The average molecular weight is 235 g/mol. The Kier molecular flexibility index (Phi) is 4.02. The largest absolute Gasteiger partial charge is 0.508 e. The van der Waals surface area contributed by atoms with Gasteiger partial charge in [-0.2, -0.15) is 0 Å². The summed E-state index contributed by atoms with van der Waals surface area (Å²) >= 11 is 0. The Morgan fingerprint density at radius 1 is 1.47 bits per heavy atom. The summed E-state index contributed by atoms with van der Waals surface area (Å²) in [6, 6.07) is 6.22. The fourth-order valence-electron chi connectivity index (χ4n) is 2.29. The number of nitrogens with one attached hydrogen (secondary N) is 1. The lowest BCUT2D eigenvalue weighted by Gasteiger charge is -2.28. The summed E-state index contributed by atoms with van der Waals surface area (Å²) in [5.74, 6) is 0.378. The van der Waals surface area contributed by atoms with Crippen molar-refractivity contribution in [2.75, 3.05) is 6.61 Å². The van der Waals surface area contributed by atoms with Gasteiger partial charge >= 0.3 is 0 Å². The van der Waals surface area contributed by atoms with E-state index in [1.807, 2.05) is 19.1 Å². The molecule has 0 radical (unpaired) electrons. The number of hydrogen-bond donors (Lipinski definition) is 2. The molecule has 0 aliphatic carbocycles. The minimum absolute atomic E-state index is 0.340. The van der Waals surface area contributed by atoms with Crippen LogP contribution in [0.1, 0.15) is 30.9 Å². The van der Waals surface area contributed by atoms with Crippen LogP contribution in [0.4, 0.5) is 0 Å². The van der Waals surface area contributed by atoms with E-state index in [0.29, 0.717) is 17.9 Å². The van der Waals surface area contributed by atoms with Crippen molar-refractivity contribution in [3.8, 4) is 5.75 Å². The van der Waals surface area contributed by atoms with Crippen molar-refractivity contribution in [1.29, 1.82) is 0 Å². The first kappa shape index (κ1) is 12.4. The highest BCUT2D eigenvalue weighted by molar-refractivity contribution is 5.35. The Bertz CT molecular complexity index is 378. The van der Waals surface area contributed by atoms with Crippen LogP contribution in [0.3, 0.4) is 0 Å². The lowest BCUT2D eigenvalue weighted by Crippen LogP contribution is -2.37. The zero-order valence-electron chi connectivity index (χ0n) is 10.6. The van der Waals surface area contributed by atoms with E-state index in [0.717, 1.165) is 31.6 Å². The first-order chi connectivity index (χ1) is 8.15. The van der Waals surface area contributed by atoms with Gasteiger partial charge in [-0.25, -0.2) is 0 Å². The Balaban J connectivity index is 1.90. The zero-order valence-corrected chi connectivity index (χ0v) is 10.6. The third kappa shape index (κ3) is 3.45. The van der Waals surface area contributed by atoms with Gasteiger partial charge in [-0.1, -0.05) is 17.7 Å². The van der Waals surface area contributed by atoms with E-state index in [-0.39, 0.29) is 0 Å². The van der Waals surface area contributed by atoms with Crippen LogP contribution in [-0.4, -0.2) is 23.9 Å². The molecule has 0 amide bonds. The number of ether oxygens (including phenoxy) is 1. The van der Waals surface area contributed by atoms with Crippen LogP contribution < -0.4 is 5.32 Å². The van der Waals surface area contributed by atoms with Crippen LogP contribution in [0.2, 0.25) is 0 Å². The quantitative estimate of drug-likeness (QED) is 0.845. The monoisotopic (exact) mass is 235 g/mol. The SMILES string of the molecule is Cc1ccc(O)c(CNC2CCOC(C)C2)c1. The zero-order chi connectivity index (χ0) is 12.3. The standard InChI is InChI=1S/C14H21NO2/c1-10-3-4-14(16)12(7-10)9-15-13-5-6-17-11(2)8-13/h3-4,7,11,13,15-16H,5-6,8-9H2,1-2H3. The first-order valence-corrected chi connectivity index (χ1v) is 6.28. The Morgan fingerprint density at radius 3 is 3.06 bits per heavy atom. The van der Waals surface area contributed by atoms with Crippen molar-refractivity contribution < 1.29 is 9.84 Å². The maximum atomic E-state index is 9.75. The minimum atomic E-state index is 0.340. The predicted molar refractivity (Wildman–Crippen MR) is 68.1 cm³/mol. The molecule has 0 aromatic heterocycles. The molecule has 1 fully saturated rings. The highest BCUT2D eigenvalue weighted by Crippen LogP contribution is 2.19. The van der Waals surface area contributed by atoms with Crippen molar-refractivity contribution in [3.63, 3.8) is 0 Å². The van der Waals surface area contributed by atoms with Gasteiger partial charge in [0.25, 0.3) is 0 Å². The summed E-state index contributed by atoms with van der Waals surface area (Å²) in [7, 11) is 0. The van der Waals surface area contributed by atoms with E-state index in [1.165, 1.54) is 5.56 Å². The van der Waals surface area contributed by atoms with Crippen LogP contribution in [0.15, 0.2) is 18.2 Å². The van der Waals surface area contributed by atoms with Crippen LogP contribution in [0.25, 0.3) is 0 Å². The molecule has 1 aliphatic heterocycles. The predicted octanol–water partition coefficient (Wildman–Crippen LogP) is 2.36. The second-order valence-corrected chi connectivity index (χ2v) is 4.92. The molecule has 0 spiro atoms. The summed E-state index contributed by atoms with van der Waals surface area (Å²) in [6.07, 6.45) is 2.44. The molecule has 2 N–H and O–H groups in total. The van der Waals surface area contributed by atoms with Crippen molar-refractivity contribution in [2.45, 2.75) is 45.4 Å². The fraction of sp³-hybridized carbons (Fsp3) is 0.571. The normalized spacial score (nSPS) is 24.8. The van der Waals surface area contributed by atoms with Crippen LogP contribution in [-0.2, 0) is 11.3 Å². The molecule has 2 atom stereocenters. The average Bonchev–Trinajstić information content (AvgIpc) is 2.30. The molecule has 3 heteroatoms. The van der Waals surface area contributed by atoms with Gasteiger partial charge in [0, 0.05) is 24.8 Å². The van der Waals surface area contributed by atoms with Gasteiger partial charge in [-0.15, -0.1) is 0 Å². The summed E-state index contributed by atoms with van der Waals surface area (Å²) in [6.45, 7) is 5.71. The molecule has 0 saturated carbocycles. The van der Waals surface area contributed by atoms with Gasteiger partial charge in [0.05, 0.1) is 6.10 Å². The molecular formula is C14H21NO2. The van der Waals surface area contributed by atoms with E-state index in [1.54, 1.807) is 6.07 Å². The number of phenols is 1. The summed E-state index contributed by atoms with van der Waals surface area (Å²) < 4.78 is 5.51. The molecule has 1 aromatic rings. The van der Waals surface area contributed by atoms with Gasteiger partial charge in [0.2, 0.25) is 0 Å². The second kappa shape index (κ2) is 5.52. The fourth-order valence-corrected chi connectivity index (χ4v) is 2.29. The third-order valence-corrected chi connectivity index (χ3v) is 3.30. The lowest BCUT2D eigenvalue weighted by atomic mass is 10.0. The molecule has 1 aliphatic rings. The van der Waals surface area contributed by atoms with E-state index in [4.69, 9.17) is 4.74 Å². The number of aryl methyl sites for hydroxylation is 1. The molecule has 1 heterocycles. The van der Waals surface area contributed by atoms with Gasteiger partial charge in [-0.3, -0.25) is 0 Å². The van der Waals surface area contributed by atoms with E-state index in [2.05, 4.69) is 12.2 Å². The summed E-state index contributed by atoms with van der Waals surface area (Å²) in [5, 5.41) is 13.2. The van der Waals surface area contributed by atoms with Crippen LogP contribution >= 0.6 is 0 Å². The summed E-state index contributed by atoms with van der Waals surface area (Å²) in [4.78, 5) is 0. The Labute approximate surface area is 103 Å². The van der Waals surface area contributed by atoms with Gasteiger partial charge < -0.3 is 15.2 Å². The van der Waals surface area contributed by atoms with E-state index < -0.39 is 0 Å². The van der Waals surface area contributed by atoms with Gasteiger partial charge in [0.1, 0.15) is 5.75 Å². The minimum Gasteiger partial charge on any atom is -0.508 e. The number of benzene rings is 1. The van der Waals surface area contributed by atoms with Crippen molar-refractivity contribution in [2.24, 2.45) is 0 Å². The number of rotatable bonds is 3. The lowest BCUT2D eigenvalue weighted by molar-refractivity contribution is 0.0130. The van der Waals surface area contributed by atoms with Crippen molar-refractivity contribution in [1.82, 2.24) is 5.32 Å².